The molecular formula is C16H20N6O. The lowest BCUT2D eigenvalue weighted by Crippen LogP contribution is -2.48. The molecule has 7 nitrogen and oxygen atoms in total. The molecule has 2 aromatic rings. The molecule has 1 aliphatic rings. The van der Waals surface area contributed by atoms with Crippen LogP contribution < -0.4 is 10.2 Å². The molecule has 7 heteroatoms. The predicted octanol–water partition coefficient (Wildman–Crippen LogP) is 1.59. The monoisotopic (exact) mass is 312 g/mol. The normalized spacial score (nSPS) is 14.7. The third-order valence-electron chi connectivity index (χ3n) is 3.87. The number of hydrogen-bond acceptors (Lipinski definition) is 6. The number of anilines is 3. The summed E-state index contributed by atoms with van der Waals surface area (Å²) in [7, 11) is 0. The van der Waals surface area contributed by atoms with E-state index in [1.807, 2.05) is 36.1 Å². The lowest BCUT2D eigenvalue weighted by Gasteiger charge is -2.34. The van der Waals surface area contributed by atoms with E-state index in [0.29, 0.717) is 5.82 Å². The van der Waals surface area contributed by atoms with Gasteiger partial charge in [0, 0.05) is 39.3 Å². The van der Waals surface area contributed by atoms with Gasteiger partial charge in [0.25, 0.3) is 0 Å². The van der Waals surface area contributed by atoms with Gasteiger partial charge in [0.15, 0.2) is 11.6 Å². The van der Waals surface area contributed by atoms with Gasteiger partial charge in [0.05, 0.1) is 0 Å². The summed E-state index contributed by atoms with van der Waals surface area (Å²) in [6.45, 7) is 6.63. The van der Waals surface area contributed by atoms with E-state index in [0.717, 1.165) is 43.4 Å². The van der Waals surface area contributed by atoms with Crippen molar-refractivity contribution < 1.29 is 4.79 Å². The fraction of sp³-hybridized carbons (Fsp3) is 0.375. The van der Waals surface area contributed by atoms with Crippen LogP contribution in [0.5, 0.6) is 0 Å². The first-order valence-electron chi connectivity index (χ1n) is 7.66. The fourth-order valence-corrected chi connectivity index (χ4v) is 2.55. The van der Waals surface area contributed by atoms with Crippen molar-refractivity contribution >= 4 is 23.4 Å². The summed E-state index contributed by atoms with van der Waals surface area (Å²) in [4.78, 5) is 19.6. The highest BCUT2D eigenvalue weighted by Gasteiger charge is 2.19. The van der Waals surface area contributed by atoms with Crippen LogP contribution in [-0.4, -0.2) is 52.2 Å². The van der Waals surface area contributed by atoms with Gasteiger partial charge in [-0.1, -0.05) is 0 Å². The van der Waals surface area contributed by atoms with Gasteiger partial charge in [-0.25, -0.2) is 4.98 Å². The van der Waals surface area contributed by atoms with Crippen molar-refractivity contribution in [3.63, 3.8) is 0 Å². The highest BCUT2D eigenvalue weighted by molar-refractivity contribution is 5.73. The first-order valence-corrected chi connectivity index (χ1v) is 7.66. The maximum Gasteiger partial charge on any atom is 0.219 e. The van der Waals surface area contributed by atoms with Crippen molar-refractivity contribution in [1.29, 1.82) is 0 Å². The average molecular weight is 312 g/mol. The molecule has 1 aliphatic heterocycles. The first-order chi connectivity index (χ1) is 11.1. The van der Waals surface area contributed by atoms with E-state index < -0.39 is 0 Å². The lowest BCUT2D eigenvalue weighted by atomic mass is 10.3. The number of aromatic nitrogens is 3. The number of nitrogens with one attached hydrogen (secondary N) is 1. The highest BCUT2D eigenvalue weighted by Crippen LogP contribution is 2.17. The molecule has 0 saturated carbocycles. The zero-order chi connectivity index (χ0) is 16.2. The van der Waals surface area contributed by atoms with Crippen LogP contribution in [0.15, 0.2) is 30.5 Å². The molecule has 1 fully saturated rings. The maximum absolute atomic E-state index is 11.3. The van der Waals surface area contributed by atoms with Crippen molar-refractivity contribution in [2.75, 3.05) is 36.4 Å². The summed E-state index contributed by atoms with van der Waals surface area (Å²) >= 11 is 0. The molecule has 120 valence electrons. The van der Waals surface area contributed by atoms with Crippen molar-refractivity contribution in [3.8, 4) is 0 Å². The van der Waals surface area contributed by atoms with Crippen molar-refractivity contribution in [3.05, 3.63) is 36.0 Å². The van der Waals surface area contributed by atoms with Gasteiger partial charge in [-0.15, -0.1) is 10.2 Å². The second kappa shape index (κ2) is 6.60. The second-order valence-electron chi connectivity index (χ2n) is 5.61. The Morgan fingerprint density at radius 2 is 1.87 bits per heavy atom. The molecular weight excluding hydrogens is 292 g/mol. The molecule has 1 N–H and O–H groups in total. The van der Waals surface area contributed by atoms with Crippen molar-refractivity contribution in [1.82, 2.24) is 20.1 Å². The number of nitrogens with zero attached hydrogens (tertiary/aromatic N) is 5. The van der Waals surface area contributed by atoms with Gasteiger partial charge in [0.1, 0.15) is 5.82 Å². The summed E-state index contributed by atoms with van der Waals surface area (Å²) in [5.41, 5.74) is 1.13. The topological polar surface area (TPSA) is 74.2 Å². The number of amides is 1. The molecule has 0 aliphatic carbocycles. The minimum atomic E-state index is 0.126. The molecule has 3 rings (SSSR count). The second-order valence-corrected chi connectivity index (χ2v) is 5.61. The molecule has 2 aromatic heterocycles. The van der Waals surface area contributed by atoms with E-state index in [9.17, 15) is 4.79 Å². The van der Waals surface area contributed by atoms with E-state index in [4.69, 9.17) is 0 Å². The van der Waals surface area contributed by atoms with Gasteiger partial charge in [-0.3, -0.25) is 4.79 Å². The average Bonchev–Trinajstić information content (AvgIpc) is 2.56. The van der Waals surface area contributed by atoms with Crippen LogP contribution in [0.2, 0.25) is 0 Å². The molecule has 1 saturated heterocycles. The number of rotatable bonds is 3. The molecule has 3 heterocycles. The van der Waals surface area contributed by atoms with Gasteiger partial charge in [0.2, 0.25) is 5.91 Å². The van der Waals surface area contributed by atoms with Gasteiger partial charge >= 0.3 is 0 Å². The molecule has 0 radical (unpaired) electrons. The number of pyridine rings is 1. The minimum absolute atomic E-state index is 0.126. The summed E-state index contributed by atoms with van der Waals surface area (Å²) in [5.74, 6) is 2.37. The zero-order valence-electron chi connectivity index (χ0n) is 13.4. The summed E-state index contributed by atoms with van der Waals surface area (Å²) in [6, 6.07) is 7.73. The van der Waals surface area contributed by atoms with E-state index in [1.54, 1.807) is 13.1 Å². The number of carbonyl (C=O) groups is 1. The Bertz CT molecular complexity index is 679. The van der Waals surface area contributed by atoms with Crippen LogP contribution in [0.25, 0.3) is 0 Å². The van der Waals surface area contributed by atoms with Crippen LogP contribution in [-0.2, 0) is 4.79 Å². The molecule has 0 bridgehead atoms. The Hall–Kier alpha value is -2.70. The Morgan fingerprint density at radius 3 is 2.48 bits per heavy atom. The SMILES string of the molecule is CC(=O)N1CCN(c2ccc(Nc3cc(C)ccn3)nn2)CC1. The minimum Gasteiger partial charge on any atom is -0.352 e. The molecule has 1 amide bonds. The third kappa shape index (κ3) is 3.74. The number of hydrogen-bond donors (Lipinski definition) is 1. The largest absolute Gasteiger partial charge is 0.352 e. The van der Waals surface area contributed by atoms with Gasteiger partial charge < -0.3 is 15.1 Å². The van der Waals surface area contributed by atoms with E-state index in [-0.39, 0.29) is 5.91 Å². The number of aryl methyl sites for hydroxylation is 1. The van der Waals surface area contributed by atoms with Gasteiger partial charge in [-0.2, -0.15) is 0 Å². The summed E-state index contributed by atoms with van der Waals surface area (Å²) in [5, 5.41) is 11.6. The first kappa shape index (κ1) is 15.2. The van der Waals surface area contributed by atoms with Crippen LogP contribution in [0.4, 0.5) is 17.5 Å². The molecule has 0 aromatic carbocycles. The molecule has 0 spiro atoms. The third-order valence-corrected chi connectivity index (χ3v) is 3.87. The molecule has 0 unspecified atom stereocenters. The van der Waals surface area contributed by atoms with E-state index in [2.05, 4.69) is 25.4 Å². The molecule has 23 heavy (non-hydrogen) atoms. The number of piperazine rings is 1. The predicted molar refractivity (Wildman–Crippen MR) is 88.8 cm³/mol. The van der Waals surface area contributed by atoms with E-state index in [1.165, 1.54) is 0 Å². The lowest BCUT2D eigenvalue weighted by molar-refractivity contribution is -0.129. The quantitative estimate of drug-likeness (QED) is 0.928. The van der Waals surface area contributed by atoms with Crippen LogP contribution in [0.3, 0.4) is 0 Å². The highest BCUT2D eigenvalue weighted by atomic mass is 16.2. The van der Waals surface area contributed by atoms with Crippen LogP contribution >= 0.6 is 0 Å². The Kier molecular flexibility index (Phi) is 4.36. The smallest absolute Gasteiger partial charge is 0.219 e. The van der Waals surface area contributed by atoms with Crippen LogP contribution in [0, 0.1) is 6.92 Å². The fourth-order valence-electron chi connectivity index (χ4n) is 2.55. The summed E-state index contributed by atoms with van der Waals surface area (Å²) in [6.07, 6.45) is 1.76. The maximum atomic E-state index is 11.3. The van der Waals surface area contributed by atoms with Crippen molar-refractivity contribution in [2.24, 2.45) is 0 Å². The Morgan fingerprint density at radius 1 is 1.09 bits per heavy atom. The Labute approximate surface area is 135 Å². The van der Waals surface area contributed by atoms with Gasteiger partial charge in [-0.05, 0) is 36.8 Å². The van der Waals surface area contributed by atoms with Crippen molar-refractivity contribution in [2.45, 2.75) is 13.8 Å². The standard InChI is InChI=1S/C16H20N6O/c1-12-5-6-17-15(11-12)18-14-3-4-16(20-19-14)22-9-7-21(8-10-22)13(2)23/h3-6,11H,7-10H2,1-2H3,(H,17,18,19). The van der Waals surface area contributed by atoms with E-state index >= 15 is 0 Å². The number of carbonyl (C=O) groups excluding carboxylic acids is 1. The summed E-state index contributed by atoms with van der Waals surface area (Å²) < 4.78 is 0. The Balaban J connectivity index is 1.62. The zero-order valence-corrected chi connectivity index (χ0v) is 13.4. The van der Waals surface area contributed by atoms with Crippen LogP contribution in [0.1, 0.15) is 12.5 Å². The molecule has 0 atom stereocenters.